The van der Waals surface area contributed by atoms with E-state index in [9.17, 15) is 13.6 Å². The van der Waals surface area contributed by atoms with Gasteiger partial charge in [0.05, 0.1) is 5.69 Å². The molecule has 0 atom stereocenters. The Hall–Kier alpha value is -2.37. The number of aryl methyl sites for hydroxylation is 1. The fourth-order valence-electron chi connectivity index (χ4n) is 1.70. The molecular weight excluding hydrogens is 254 g/mol. The first-order valence-electron chi connectivity index (χ1n) is 5.54. The summed E-state index contributed by atoms with van der Waals surface area (Å²) in [5.74, 6) is -2.18. The first-order chi connectivity index (χ1) is 9.08. The topological polar surface area (TPSA) is 63.1 Å². The highest BCUT2D eigenvalue weighted by Crippen LogP contribution is 2.25. The predicted octanol–water partition coefficient (Wildman–Crippen LogP) is 2.44. The molecule has 0 radical (unpaired) electrons. The Bertz CT molecular complexity index is 617. The van der Waals surface area contributed by atoms with Gasteiger partial charge in [-0.2, -0.15) is 0 Å². The van der Waals surface area contributed by atoms with Gasteiger partial charge in [0.15, 0.2) is 0 Å². The minimum Gasteiger partial charge on any atom is -0.481 e. The van der Waals surface area contributed by atoms with Crippen molar-refractivity contribution in [1.82, 2.24) is 9.97 Å². The van der Waals surface area contributed by atoms with Gasteiger partial charge >= 0.3 is 5.97 Å². The van der Waals surface area contributed by atoms with Crippen molar-refractivity contribution in [3.8, 4) is 11.3 Å². The van der Waals surface area contributed by atoms with Crippen LogP contribution in [0.2, 0.25) is 0 Å². The van der Waals surface area contributed by atoms with Crippen LogP contribution in [0.25, 0.3) is 11.3 Å². The van der Waals surface area contributed by atoms with Crippen LogP contribution in [0.1, 0.15) is 12.0 Å². The molecule has 0 unspecified atom stereocenters. The van der Waals surface area contributed by atoms with Gasteiger partial charge in [-0.25, -0.2) is 18.7 Å². The standard InChI is InChI=1S/C13H10F2N2O2/c14-9-2-3-11(15)10(5-9)13-8(1-4-12(18)19)6-16-7-17-13/h2-3,5-7H,1,4H2,(H,18,19). The molecule has 19 heavy (non-hydrogen) atoms. The lowest BCUT2D eigenvalue weighted by atomic mass is 10.0. The number of aromatic nitrogens is 2. The Morgan fingerprint density at radius 1 is 1.32 bits per heavy atom. The van der Waals surface area contributed by atoms with Crippen molar-refractivity contribution in [2.24, 2.45) is 0 Å². The van der Waals surface area contributed by atoms with Gasteiger partial charge in [0, 0.05) is 18.2 Å². The molecule has 0 aliphatic carbocycles. The Morgan fingerprint density at radius 2 is 2.11 bits per heavy atom. The number of aliphatic carboxylic acids is 1. The largest absolute Gasteiger partial charge is 0.481 e. The molecule has 2 aromatic rings. The van der Waals surface area contributed by atoms with E-state index < -0.39 is 17.6 Å². The van der Waals surface area contributed by atoms with E-state index >= 15 is 0 Å². The minimum atomic E-state index is -0.977. The van der Waals surface area contributed by atoms with Crippen LogP contribution in [0.15, 0.2) is 30.7 Å². The molecule has 0 aliphatic rings. The predicted molar refractivity (Wildman–Crippen MR) is 63.3 cm³/mol. The summed E-state index contributed by atoms with van der Waals surface area (Å²) in [6.45, 7) is 0. The van der Waals surface area contributed by atoms with Crippen molar-refractivity contribution in [3.63, 3.8) is 0 Å². The molecule has 0 bridgehead atoms. The molecule has 98 valence electrons. The highest BCUT2D eigenvalue weighted by atomic mass is 19.1. The number of hydrogen-bond acceptors (Lipinski definition) is 3. The molecule has 0 saturated carbocycles. The minimum absolute atomic E-state index is 0.00258. The maximum Gasteiger partial charge on any atom is 0.303 e. The maximum atomic E-state index is 13.7. The van der Waals surface area contributed by atoms with Gasteiger partial charge in [0.25, 0.3) is 0 Å². The third-order valence-electron chi connectivity index (χ3n) is 2.58. The summed E-state index contributed by atoms with van der Waals surface area (Å²) in [5.41, 5.74) is 0.686. The lowest BCUT2D eigenvalue weighted by Gasteiger charge is -2.08. The van der Waals surface area contributed by atoms with E-state index in [0.29, 0.717) is 5.56 Å². The third kappa shape index (κ3) is 3.09. The van der Waals surface area contributed by atoms with E-state index in [1.54, 1.807) is 0 Å². The average Bonchev–Trinajstić information content (AvgIpc) is 2.39. The molecule has 6 heteroatoms. The number of halogens is 2. The number of hydrogen-bond donors (Lipinski definition) is 1. The molecule has 1 aromatic carbocycles. The lowest BCUT2D eigenvalue weighted by Crippen LogP contribution is -2.02. The van der Waals surface area contributed by atoms with Crippen LogP contribution in [0.4, 0.5) is 8.78 Å². The number of carbonyl (C=O) groups is 1. The van der Waals surface area contributed by atoms with E-state index in [2.05, 4.69) is 9.97 Å². The van der Waals surface area contributed by atoms with Crippen molar-refractivity contribution < 1.29 is 18.7 Å². The molecule has 0 fully saturated rings. The van der Waals surface area contributed by atoms with Crippen molar-refractivity contribution in [2.75, 3.05) is 0 Å². The zero-order chi connectivity index (χ0) is 13.8. The zero-order valence-corrected chi connectivity index (χ0v) is 9.81. The third-order valence-corrected chi connectivity index (χ3v) is 2.58. The van der Waals surface area contributed by atoms with Gasteiger partial charge < -0.3 is 5.11 Å². The number of benzene rings is 1. The average molecular weight is 264 g/mol. The molecule has 0 spiro atoms. The molecular formula is C13H10F2N2O2. The van der Waals surface area contributed by atoms with Crippen molar-refractivity contribution in [1.29, 1.82) is 0 Å². The monoisotopic (exact) mass is 264 g/mol. The second-order valence-electron chi connectivity index (χ2n) is 3.91. The summed E-state index contributed by atoms with van der Waals surface area (Å²) < 4.78 is 26.9. The molecule has 1 aromatic heterocycles. The van der Waals surface area contributed by atoms with Crippen LogP contribution in [0.3, 0.4) is 0 Å². The summed E-state index contributed by atoms with van der Waals surface area (Å²) >= 11 is 0. The molecule has 4 nitrogen and oxygen atoms in total. The Kier molecular flexibility index (Phi) is 3.79. The van der Waals surface area contributed by atoms with Crippen LogP contribution < -0.4 is 0 Å². The quantitative estimate of drug-likeness (QED) is 0.921. The fraction of sp³-hybridized carbons (Fsp3) is 0.154. The molecule has 0 aliphatic heterocycles. The van der Waals surface area contributed by atoms with E-state index in [0.717, 1.165) is 18.2 Å². The van der Waals surface area contributed by atoms with E-state index in [1.165, 1.54) is 12.5 Å². The summed E-state index contributed by atoms with van der Waals surface area (Å²) in [7, 11) is 0. The number of carboxylic acid groups (broad SMARTS) is 1. The second-order valence-corrected chi connectivity index (χ2v) is 3.91. The molecule has 2 rings (SSSR count). The molecule has 1 N–H and O–H groups in total. The first kappa shape index (κ1) is 13.1. The second kappa shape index (κ2) is 5.51. The Balaban J connectivity index is 2.43. The molecule has 1 heterocycles. The van der Waals surface area contributed by atoms with E-state index in [4.69, 9.17) is 5.11 Å². The van der Waals surface area contributed by atoms with Crippen LogP contribution in [-0.2, 0) is 11.2 Å². The fourth-order valence-corrected chi connectivity index (χ4v) is 1.70. The summed E-state index contributed by atoms with van der Waals surface area (Å²) in [6, 6.07) is 3.05. The zero-order valence-electron chi connectivity index (χ0n) is 9.81. The van der Waals surface area contributed by atoms with Gasteiger partial charge in [-0.3, -0.25) is 4.79 Å². The normalized spacial score (nSPS) is 10.4. The number of nitrogens with zero attached hydrogens (tertiary/aromatic N) is 2. The first-order valence-corrected chi connectivity index (χ1v) is 5.54. The van der Waals surface area contributed by atoms with Crippen molar-refractivity contribution in [3.05, 3.63) is 47.9 Å². The smallest absolute Gasteiger partial charge is 0.303 e. The van der Waals surface area contributed by atoms with Crippen molar-refractivity contribution in [2.45, 2.75) is 12.8 Å². The van der Waals surface area contributed by atoms with E-state index in [1.807, 2.05) is 0 Å². The summed E-state index contributed by atoms with van der Waals surface area (Å²) in [6.07, 6.45) is 2.65. The van der Waals surface area contributed by atoms with Gasteiger partial charge in [-0.15, -0.1) is 0 Å². The van der Waals surface area contributed by atoms with Crippen LogP contribution in [0.5, 0.6) is 0 Å². The summed E-state index contributed by atoms with van der Waals surface area (Å²) in [5, 5.41) is 8.66. The highest BCUT2D eigenvalue weighted by Gasteiger charge is 2.13. The van der Waals surface area contributed by atoms with Gasteiger partial charge in [-0.05, 0) is 30.2 Å². The van der Waals surface area contributed by atoms with E-state index in [-0.39, 0.29) is 24.1 Å². The Morgan fingerprint density at radius 3 is 2.84 bits per heavy atom. The Labute approximate surface area is 107 Å². The molecule has 0 amide bonds. The van der Waals surface area contributed by atoms with Crippen LogP contribution >= 0.6 is 0 Å². The number of rotatable bonds is 4. The number of carboxylic acids is 1. The summed E-state index contributed by atoms with van der Waals surface area (Å²) in [4.78, 5) is 18.3. The van der Waals surface area contributed by atoms with Gasteiger partial charge in [0.1, 0.15) is 18.0 Å². The lowest BCUT2D eigenvalue weighted by molar-refractivity contribution is -0.136. The molecule has 0 saturated heterocycles. The highest BCUT2D eigenvalue weighted by molar-refractivity contribution is 5.68. The maximum absolute atomic E-state index is 13.7. The van der Waals surface area contributed by atoms with Crippen molar-refractivity contribution >= 4 is 5.97 Å². The van der Waals surface area contributed by atoms with Gasteiger partial charge in [0.2, 0.25) is 0 Å². The SMILES string of the molecule is O=C(O)CCc1cncnc1-c1cc(F)ccc1F. The van der Waals surface area contributed by atoms with Crippen LogP contribution in [-0.4, -0.2) is 21.0 Å². The van der Waals surface area contributed by atoms with Crippen LogP contribution in [0, 0.1) is 11.6 Å². The van der Waals surface area contributed by atoms with Gasteiger partial charge in [-0.1, -0.05) is 0 Å².